The number of alkyl halides is 3. The monoisotopic (exact) mass is 530 g/mol. The summed E-state index contributed by atoms with van der Waals surface area (Å²) in [5.41, 5.74) is 0.579. The average Bonchev–Trinajstić information content (AvgIpc) is 3.28. The fraction of sp³-hybridized carbons (Fsp3) is 0.320. The number of amidine groups is 1. The van der Waals surface area contributed by atoms with Crippen molar-refractivity contribution in [2.45, 2.75) is 13.1 Å². The summed E-state index contributed by atoms with van der Waals surface area (Å²) >= 11 is 1.37. The van der Waals surface area contributed by atoms with Gasteiger partial charge in [-0.25, -0.2) is 9.98 Å². The zero-order chi connectivity index (χ0) is 26.2. The standard InChI is InChI=1S/C25H25F3N6O2S/c1-16(35)30-24-31-23-19(7-4-8-20(23)37-24)36-22-14-21(29-15-32(22)2)34-11-9-33(10-12-34)18-6-3-5-17(13-18)25(26,27)28/h3-8,13-14H,9-12,15H2,1-2H3,(H,30,31,35). The Kier molecular flexibility index (Phi) is 6.67. The SMILES string of the molecule is CC(=O)Nc1nc2c(OC3=CC(N4CCN(c5cccc(C(F)(F)F)c5)CC4)=NCN3C)cccc2s1. The van der Waals surface area contributed by atoms with E-state index in [0.717, 1.165) is 16.6 Å². The second-order valence-corrected chi connectivity index (χ2v) is 9.80. The number of halogens is 3. The van der Waals surface area contributed by atoms with E-state index in [2.05, 4.69) is 20.2 Å². The summed E-state index contributed by atoms with van der Waals surface area (Å²) < 4.78 is 46.5. The minimum atomic E-state index is -4.36. The highest BCUT2D eigenvalue weighted by Crippen LogP contribution is 2.34. The van der Waals surface area contributed by atoms with Crippen molar-refractivity contribution in [3.63, 3.8) is 0 Å². The number of carbonyl (C=O) groups excluding carboxylic acids is 1. The number of thiazole rings is 1. The first kappa shape index (κ1) is 24.9. The molecule has 1 N–H and O–H groups in total. The van der Waals surface area contributed by atoms with Crippen LogP contribution in [-0.2, 0) is 11.0 Å². The number of hydrogen-bond acceptors (Lipinski definition) is 8. The summed E-state index contributed by atoms with van der Waals surface area (Å²) in [5, 5.41) is 3.22. The topological polar surface area (TPSA) is 73.3 Å². The zero-order valence-electron chi connectivity index (χ0n) is 20.2. The van der Waals surface area contributed by atoms with Crippen LogP contribution >= 0.6 is 11.3 Å². The molecule has 2 aliphatic heterocycles. The van der Waals surface area contributed by atoms with Crippen LogP contribution in [0.15, 0.2) is 59.4 Å². The maximum atomic E-state index is 13.1. The molecule has 0 bridgehead atoms. The molecule has 2 aromatic carbocycles. The summed E-state index contributed by atoms with van der Waals surface area (Å²) in [6, 6.07) is 11.1. The lowest BCUT2D eigenvalue weighted by Crippen LogP contribution is -2.49. The number of amides is 1. The Labute approximate surface area is 215 Å². The van der Waals surface area contributed by atoms with Gasteiger partial charge in [0.05, 0.1) is 10.3 Å². The molecule has 1 amide bonds. The number of aliphatic imine (C=N–C) groups is 1. The van der Waals surface area contributed by atoms with Crippen molar-refractivity contribution in [3.05, 3.63) is 60.0 Å². The molecule has 1 fully saturated rings. The molecule has 3 aromatic rings. The lowest BCUT2D eigenvalue weighted by molar-refractivity contribution is -0.137. The third-order valence-electron chi connectivity index (χ3n) is 6.10. The van der Waals surface area contributed by atoms with Gasteiger partial charge >= 0.3 is 6.18 Å². The molecular formula is C25H25F3N6O2S. The number of ether oxygens (including phenoxy) is 1. The Bertz CT molecular complexity index is 1380. The Morgan fingerprint density at radius 1 is 1.08 bits per heavy atom. The average molecular weight is 531 g/mol. The molecule has 0 aliphatic carbocycles. The van der Waals surface area contributed by atoms with Crippen LogP contribution in [0.25, 0.3) is 10.2 Å². The number of para-hydroxylation sites is 1. The summed E-state index contributed by atoms with van der Waals surface area (Å²) in [4.78, 5) is 26.5. The molecule has 194 valence electrons. The van der Waals surface area contributed by atoms with E-state index in [1.807, 2.05) is 41.1 Å². The van der Waals surface area contributed by atoms with Crippen LogP contribution in [0.4, 0.5) is 24.0 Å². The van der Waals surface area contributed by atoms with E-state index < -0.39 is 11.7 Å². The second kappa shape index (κ2) is 9.92. The van der Waals surface area contributed by atoms with Gasteiger partial charge in [0.25, 0.3) is 0 Å². The Morgan fingerprint density at radius 3 is 2.54 bits per heavy atom. The number of anilines is 2. The van der Waals surface area contributed by atoms with Gasteiger partial charge in [-0.2, -0.15) is 13.2 Å². The van der Waals surface area contributed by atoms with Crippen LogP contribution in [0.3, 0.4) is 0 Å². The highest BCUT2D eigenvalue weighted by atomic mass is 32.1. The molecule has 0 radical (unpaired) electrons. The van der Waals surface area contributed by atoms with Gasteiger partial charge in [-0.15, -0.1) is 0 Å². The third kappa shape index (κ3) is 5.48. The molecule has 1 aromatic heterocycles. The molecule has 37 heavy (non-hydrogen) atoms. The first-order chi connectivity index (χ1) is 17.7. The van der Waals surface area contributed by atoms with E-state index in [4.69, 9.17) is 4.74 Å². The molecule has 0 unspecified atom stereocenters. The Hall–Kier alpha value is -3.80. The van der Waals surface area contributed by atoms with Crippen LogP contribution in [0.2, 0.25) is 0 Å². The molecule has 0 atom stereocenters. The molecular weight excluding hydrogens is 505 g/mol. The van der Waals surface area contributed by atoms with Gasteiger partial charge in [-0.05, 0) is 30.3 Å². The normalized spacial score (nSPS) is 16.5. The number of rotatable bonds is 4. The van der Waals surface area contributed by atoms with E-state index >= 15 is 0 Å². The number of piperazine rings is 1. The number of fused-ring (bicyclic) bond motifs is 1. The van der Waals surface area contributed by atoms with Crippen LogP contribution in [0.5, 0.6) is 5.75 Å². The molecule has 2 aliphatic rings. The summed E-state index contributed by atoms with van der Waals surface area (Å²) in [7, 11) is 1.88. The van der Waals surface area contributed by atoms with Crippen molar-refractivity contribution in [1.82, 2.24) is 14.8 Å². The summed E-state index contributed by atoms with van der Waals surface area (Å²) in [5.74, 6) is 1.75. The Morgan fingerprint density at radius 2 is 1.81 bits per heavy atom. The maximum Gasteiger partial charge on any atom is 0.416 e. The van der Waals surface area contributed by atoms with Gasteiger partial charge in [0.15, 0.2) is 10.9 Å². The predicted molar refractivity (Wildman–Crippen MR) is 138 cm³/mol. The van der Waals surface area contributed by atoms with Gasteiger partial charge in [0.2, 0.25) is 11.8 Å². The lowest BCUT2D eigenvalue weighted by Gasteiger charge is -2.38. The molecule has 0 spiro atoms. The largest absolute Gasteiger partial charge is 0.439 e. The zero-order valence-corrected chi connectivity index (χ0v) is 21.1. The molecule has 0 saturated carbocycles. The van der Waals surface area contributed by atoms with Gasteiger partial charge in [0, 0.05) is 51.9 Å². The molecule has 5 rings (SSSR count). The van der Waals surface area contributed by atoms with E-state index in [-0.39, 0.29) is 5.91 Å². The Balaban J connectivity index is 1.29. The smallest absolute Gasteiger partial charge is 0.416 e. The maximum absolute atomic E-state index is 13.1. The number of aromatic nitrogens is 1. The van der Waals surface area contributed by atoms with Gasteiger partial charge in [-0.3, -0.25) is 4.79 Å². The molecule has 1 saturated heterocycles. The van der Waals surface area contributed by atoms with Gasteiger partial charge in [0.1, 0.15) is 18.0 Å². The minimum Gasteiger partial charge on any atom is -0.439 e. The predicted octanol–water partition coefficient (Wildman–Crippen LogP) is 4.62. The van der Waals surface area contributed by atoms with Gasteiger partial charge in [-0.1, -0.05) is 23.5 Å². The number of carbonyl (C=O) groups is 1. The lowest BCUT2D eigenvalue weighted by atomic mass is 10.1. The highest BCUT2D eigenvalue weighted by Gasteiger charge is 2.31. The van der Waals surface area contributed by atoms with E-state index in [1.165, 1.54) is 30.4 Å². The first-order valence-corrected chi connectivity index (χ1v) is 12.5. The van der Waals surface area contributed by atoms with Gasteiger partial charge < -0.3 is 24.8 Å². The molecule has 3 heterocycles. The number of nitrogens with one attached hydrogen (secondary N) is 1. The number of hydrogen-bond donors (Lipinski definition) is 1. The van der Waals surface area contributed by atoms with Crippen LogP contribution in [-0.4, -0.2) is 66.4 Å². The van der Waals surface area contributed by atoms with Crippen molar-refractivity contribution >= 4 is 44.1 Å². The molecule has 12 heteroatoms. The van der Waals surface area contributed by atoms with Crippen molar-refractivity contribution in [2.75, 3.05) is 50.1 Å². The van der Waals surface area contributed by atoms with E-state index in [1.54, 1.807) is 6.07 Å². The second-order valence-electron chi connectivity index (χ2n) is 8.77. The third-order valence-corrected chi connectivity index (χ3v) is 7.03. The minimum absolute atomic E-state index is 0.190. The summed E-state index contributed by atoms with van der Waals surface area (Å²) in [6.45, 7) is 4.22. The van der Waals surface area contributed by atoms with Crippen molar-refractivity contribution in [1.29, 1.82) is 0 Å². The van der Waals surface area contributed by atoms with E-state index in [0.29, 0.717) is 60.8 Å². The fourth-order valence-electron chi connectivity index (χ4n) is 4.21. The number of benzene rings is 2. The fourth-order valence-corrected chi connectivity index (χ4v) is 5.14. The quantitative estimate of drug-likeness (QED) is 0.531. The van der Waals surface area contributed by atoms with Crippen LogP contribution < -0.4 is 15.0 Å². The molecule has 8 nitrogen and oxygen atoms in total. The van der Waals surface area contributed by atoms with Crippen molar-refractivity contribution in [3.8, 4) is 5.75 Å². The summed E-state index contributed by atoms with van der Waals surface area (Å²) in [6.07, 6.45) is -2.50. The van der Waals surface area contributed by atoms with Crippen LogP contribution in [0.1, 0.15) is 12.5 Å². The number of nitrogens with zero attached hydrogens (tertiary/aromatic N) is 5. The van der Waals surface area contributed by atoms with Crippen molar-refractivity contribution < 1.29 is 22.7 Å². The highest BCUT2D eigenvalue weighted by molar-refractivity contribution is 7.22. The first-order valence-electron chi connectivity index (χ1n) is 11.7. The van der Waals surface area contributed by atoms with Crippen LogP contribution in [0, 0.1) is 0 Å². The van der Waals surface area contributed by atoms with Crippen molar-refractivity contribution in [2.24, 2.45) is 4.99 Å². The van der Waals surface area contributed by atoms with E-state index in [9.17, 15) is 18.0 Å².